The van der Waals surface area contributed by atoms with Crippen molar-refractivity contribution in [3.63, 3.8) is 0 Å². The topological polar surface area (TPSA) is 18.5 Å². The van der Waals surface area contributed by atoms with Crippen LogP contribution in [0.1, 0.15) is 29.2 Å². The summed E-state index contributed by atoms with van der Waals surface area (Å²) in [6, 6.07) is 4.05. The van der Waals surface area contributed by atoms with Crippen molar-refractivity contribution in [3.8, 4) is 12.3 Å². The van der Waals surface area contributed by atoms with Crippen molar-refractivity contribution in [2.24, 2.45) is 5.41 Å². The summed E-state index contributed by atoms with van der Waals surface area (Å²) in [6.45, 7) is 7.97. The van der Waals surface area contributed by atoms with Gasteiger partial charge in [0.1, 0.15) is 6.10 Å². The molecule has 1 aliphatic rings. The number of thiophene rings is 1. The third kappa shape index (κ3) is 2.37. The molecule has 2 nitrogen and oxygen atoms in total. The van der Waals surface area contributed by atoms with Crippen molar-refractivity contribution in [1.29, 1.82) is 0 Å². The first-order valence-corrected chi connectivity index (χ1v) is 6.94. The van der Waals surface area contributed by atoms with Crippen LogP contribution in [-0.2, 0) is 9.47 Å². The van der Waals surface area contributed by atoms with Gasteiger partial charge >= 0.3 is 0 Å². The lowest BCUT2D eigenvalue weighted by Crippen LogP contribution is -2.47. The van der Waals surface area contributed by atoms with Crippen LogP contribution >= 0.6 is 11.3 Å². The van der Waals surface area contributed by atoms with Gasteiger partial charge in [-0.3, -0.25) is 0 Å². The maximum absolute atomic E-state index is 5.98. The zero-order valence-corrected chi connectivity index (χ0v) is 11.5. The molecule has 0 aromatic carbocycles. The zero-order valence-electron chi connectivity index (χ0n) is 10.6. The highest BCUT2D eigenvalue weighted by molar-refractivity contribution is 7.12. The molecule has 0 saturated carbocycles. The van der Waals surface area contributed by atoms with E-state index >= 15 is 0 Å². The quantitative estimate of drug-likeness (QED) is 0.578. The van der Waals surface area contributed by atoms with Crippen LogP contribution in [0.25, 0.3) is 0 Å². The van der Waals surface area contributed by atoms with Crippen molar-refractivity contribution in [3.05, 3.63) is 34.5 Å². The Morgan fingerprint density at radius 1 is 1.67 bits per heavy atom. The van der Waals surface area contributed by atoms with E-state index in [-0.39, 0.29) is 11.5 Å². The van der Waals surface area contributed by atoms with Crippen molar-refractivity contribution in [2.45, 2.75) is 19.4 Å². The van der Waals surface area contributed by atoms with Crippen molar-refractivity contribution in [1.82, 2.24) is 0 Å². The SMILES string of the molecule is C#Cc1ccc(C(OCC=C)C2(CC)COC2)s1. The fourth-order valence-corrected chi connectivity index (χ4v) is 3.21. The van der Waals surface area contributed by atoms with E-state index in [1.54, 1.807) is 17.4 Å². The van der Waals surface area contributed by atoms with Crippen LogP contribution in [0.2, 0.25) is 0 Å². The molecule has 0 spiro atoms. The van der Waals surface area contributed by atoms with Gasteiger partial charge in [0, 0.05) is 10.3 Å². The van der Waals surface area contributed by atoms with Gasteiger partial charge in [0.15, 0.2) is 0 Å². The van der Waals surface area contributed by atoms with Gasteiger partial charge in [-0.25, -0.2) is 0 Å². The molecule has 96 valence electrons. The molecule has 3 heteroatoms. The molecule has 2 heterocycles. The monoisotopic (exact) mass is 262 g/mol. The number of ether oxygens (including phenoxy) is 2. The maximum Gasteiger partial charge on any atom is 0.102 e. The van der Waals surface area contributed by atoms with E-state index in [4.69, 9.17) is 15.9 Å². The van der Waals surface area contributed by atoms with Crippen LogP contribution in [0.15, 0.2) is 24.8 Å². The second-order valence-corrected chi connectivity index (χ2v) is 5.67. The molecular formula is C15H18O2S. The summed E-state index contributed by atoms with van der Waals surface area (Å²) in [6.07, 6.45) is 8.31. The Kier molecular flexibility index (Phi) is 4.23. The van der Waals surface area contributed by atoms with Gasteiger partial charge in [-0.05, 0) is 18.6 Å². The Hall–Kier alpha value is -1.08. The lowest BCUT2D eigenvalue weighted by molar-refractivity contribution is -0.188. The molecule has 0 amide bonds. The molecule has 1 unspecified atom stereocenters. The van der Waals surface area contributed by atoms with Gasteiger partial charge < -0.3 is 9.47 Å². The van der Waals surface area contributed by atoms with Gasteiger partial charge in [0.2, 0.25) is 0 Å². The number of hydrogen-bond acceptors (Lipinski definition) is 3. The number of rotatable bonds is 6. The summed E-state index contributed by atoms with van der Waals surface area (Å²) in [4.78, 5) is 2.14. The average Bonchev–Trinajstić information content (AvgIpc) is 2.80. The Morgan fingerprint density at radius 3 is 2.89 bits per heavy atom. The number of terminal acetylenes is 1. The smallest absolute Gasteiger partial charge is 0.102 e. The normalized spacial score (nSPS) is 18.7. The van der Waals surface area contributed by atoms with Crippen LogP contribution in [0.4, 0.5) is 0 Å². The molecule has 1 aromatic heterocycles. The minimum Gasteiger partial charge on any atom is -0.380 e. The average molecular weight is 262 g/mol. The zero-order chi connectivity index (χ0) is 13.0. The first kappa shape index (κ1) is 13.4. The Balaban J connectivity index is 2.24. The molecule has 0 N–H and O–H groups in total. The summed E-state index contributed by atoms with van der Waals surface area (Å²) in [5.74, 6) is 2.68. The van der Waals surface area contributed by atoms with Crippen LogP contribution in [-0.4, -0.2) is 19.8 Å². The number of hydrogen-bond donors (Lipinski definition) is 0. The summed E-state index contributed by atoms with van der Waals surface area (Å²) < 4.78 is 11.4. The van der Waals surface area contributed by atoms with Crippen LogP contribution in [0.3, 0.4) is 0 Å². The highest BCUT2D eigenvalue weighted by Gasteiger charge is 2.46. The van der Waals surface area contributed by atoms with Crippen LogP contribution < -0.4 is 0 Å². The largest absolute Gasteiger partial charge is 0.380 e. The first-order chi connectivity index (χ1) is 8.75. The lowest BCUT2D eigenvalue weighted by Gasteiger charge is -2.46. The predicted molar refractivity (Wildman–Crippen MR) is 74.7 cm³/mol. The molecule has 0 aliphatic carbocycles. The van der Waals surface area contributed by atoms with E-state index in [0.717, 1.165) is 24.5 Å². The van der Waals surface area contributed by atoms with E-state index in [1.807, 2.05) is 6.07 Å². The Labute approximate surface area is 113 Å². The Morgan fingerprint density at radius 2 is 2.44 bits per heavy atom. The summed E-state index contributed by atoms with van der Waals surface area (Å²) >= 11 is 1.63. The molecule has 1 aromatic rings. The third-order valence-electron chi connectivity index (χ3n) is 3.45. The standard InChI is InChI=1S/C15H18O2S/c1-4-9-17-14(15(6-3)10-16-11-15)13-8-7-12(5-2)18-13/h2,4,7-8,14H,1,6,9-11H2,3H3. The minimum atomic E-state index is 0.0568. The maximum atomic E-state index is 5.98. The summed E-state index contributed by atoms with van der Waals surface area (Å²) in [7, 11) is 0. The molecule has 0 bridgehead atoms. The molecule has 0 radical (unpaired) electrons. The van der Waals surface area contributed by atoms with Gasteiger partial charge in [-0.2, -0.15) is 0 Å². The summed E-state index contributed by atoms with van der Waals surface area (Å²) in [5.41, 5.74) is 0.0970. The predicted octanol–water partition coefficient (Wildman–Crippen LogP) is 3.40. The van der Waals surface area contributed by atoms with Gasteiger partial charge in [0.05, 0.1) is 24.7 Å². The molecule has 18 heavy (non-hydrogen) atoms. The van der Waals surface area contributed by atoms with Crippen molar-refractivity contribution < 1.29 is 9.47 Å². The van der Waals surface area contributed by atoms with Crippen LogP contribution in [0.5, 0.6) is 0 Å². The molecule has 1 saturated heterocycles. The molecule has 1 aliphatic heterocycles. The summed E-state index contributed by atoms with van der Waals surface area (Å²) in [5, 5.41) is 0. The van der Waals surface area contributed by atoms with Gasteiger partial charge in [0.25, 0.3) is 0 Å². The van der Waals surface area contributed by atoms with Crippen molar-refractivity contribution in [2.75, 3.05) is 19.8 Å². The fourth-order valence-electron chi connectivity index (χ4n) is 2.20. The van der Waals surface area contributed by atoms with Gasteiger partial charge in [-0.1, -0.05) is 18.9 Å². The highest BCUT2D eigenvalue weighted by Crippen LogP contribution is 2.47. The molecule has 2 rings (SSSR count). The highest BCUT2D eigenvalue weighted by atomic mass is 32.1. The van der Waals surface area contributed by atoms with E-state index < -0.39 is 0 Å². The first-order valence-electron chi connectivity index (χ1n) is 6.12. The molecule has 1 atom stereocenters. The van der Waals surface area contributed by atoms with Crippen LogP contribution in [0, 0.1) is 17.8 Å². The van der Waals surface area contributed by atoms with Gasteiger partial charge in [-0.15, -0.1) is 24.3 Å². The second-order valence-electron chi connectivity index (χ2n) is 4.56. The van der Waals surface area contributed by atoms with E-state index in [9.17, 15) is 0 Å². The third-order valence-corrected chi connectivity index (χ3v) is 4.51. The fraction of sp³-hybridized carbons (Fsp3) is 0.467. The molecular weight excluding hydrogens is 244 g/mol. The van der Waals surface area contributed by atoms with E-state index in [2.05, 4.69) is 25.5 Å². The lowest BCUT2D eigenvalue weighted by atomic mass is 9.77. The van der Waals surface area contributed by atoms with E-state index in [0.29, 0.717) is 6.61 Å². The van der Waals surface area contributed by atoms with E-state index in [1.165, 1.54) is 4.88 Å². The van der Waals surface area contributed by atoms with Crippen molar-refractivity contribution >= 4 is 11.3 Å². The molecule has 1 fully saturated rings. The second kappa shape index (κ2) is 5.71. The Bertz CT molecular complexity index is 446. The minimum absolute atomic E-state index is 0.0568.